The number of hydrogen-bond acceptors (Lipinski definition) is 7. The molecule has 156 valence electrons. The summed E-state index contributed by atoms with van der Waals surface area (Å²) in [7, 11) is -3.92. The molecule has 0 unspecified atom stereocenters. The summed E-state index contributed by atoms with van der Waals surface area (Å²) >= 11 is 0. The van der Waals surface area contributed by atoms with Gasteiger partial charge < -0.3 is 4.42 Å². The fourth-order valence-electron chi connectivity index (χ4n) is 3.15. The number of nitro benzene ring substituents is 1. The van der Waals surface area contributed by atoms with Crippen LogP contribution in [-0.2, 0) is 10.0 Å². The average Bonchev–Trinajstić information content (AvgIpc) is 3.23. The third-order valence-electron chi connectivity index (χ3n) is 5.00. The number of furan rings is 1. The van der Waals surface area contributed by atoms with Gasteiger partial charge in [-0.3, -0.25) is 15.5 Å². The fraction of sp³-hybridized carbons (Fsp3) is 0.421. The molecule has 9 nitrogen and oxygen atoms in total. The lowest BCUT2D eigenvalue weighted by Crippen LogP contribution is -2.31. The molecule has 1 heterocycles. The highest BCUT2D eigenvalue weighted by Crippen LogP contribution is 2.47. The number of hydrazone groups is 1. The second-order valence-corrected chi connectivity index (χ2v) is 8.86. The molecule has 1 aliphatic rings. The predicted molar refractivity (Wildman–Crippen MR) is 110 cm³/mol. The maximum Gasteiger partial charge on any atom is 0.270 e. The van der Waals surface area contributed by atoms with Gasteiger partial charge in [-0.15, -0.1) is 0 Å². The van der Waals surface area contributed by atoms with E-state index in [1.165, 1.54) is 22.7 Å². The van der Waals surface area contributed by atoms with Gasteiger partial charge >= 0.3 is 0 Å². The van der Waals surface area contributed by atoms with Gasteiger partial charge in [0.2, 0.25) is 10.0 Å². The van der Waals surface area contributed by atoms with Crippen molar-refractivity contribution in [2.45, 2.75) is 38.0 Å². The van der Waals surface area contributed by atoms with Crippen LogP contribution in [0, 0.1) is 16.0 Å². The molecule has 0 radical (unpaired) electrons. The molecule has 3 rings (SSSR count). The van der Waals surface area contributed by atoms with Crippen LogP contribution in [0.5, 0.6) is 0 Å². The Hall–Kier alpha value is -2.72. The molecule has 0 aliphatic heterocycles. The zero-order valence-electron chi connectivity index (χ0n) is 16.5. The summed E-state index contributed by atoms with van der Waals surface area (Å²) in [5.41, 5.74) is 2.53. The first kappa shape index (κ1) is 21.0. The van der Waals surface area contributed by atoms with Crippen LogP contribution in [0.3, 0.4) is 0 Å². The standard InChI is InChI=1S/C19H24N4O5S/c1-4-22(5-2)29(26,27)19-11-14(23(24)25)6-8-17(19)21-20-12-15-7-9-18(28-15)16-10-13(16)3/h6-9,11-13,16,21H,4-5,10H2,1-3H3/b20-12-/t13-,16+/m1/s1. The Morgan fingerprint density at radius 1 is 1.31 bits per heavy atom. The van der Waals surface area contributed by atoms with E-state index in [-0.39, 0.29) is 29.4 Å². The van der Waals surface area contributed by atoms with Crippen molar-refractivity contribution in [3.8, 4) is 0 Å². The monoisotopic (exact) mass is 420 g/mol. The molecule has 0 saturated heterocycles. The SMILES string of the molecule is CCN(CC)S(=O)(=O)c1cc([N+](=O)[O-])ccc1N/N=C\c1ccc([C@H]2C[C@H]2C)o1. The van der Waals surface area contributed by atoms with E-state index < -0.39 is 14.9 Å². The summed E-state index contributed by atoms with van der Waals surface area (Å²) in [5, 5.41) is 15.2. The van der Waals surface area contributed by atoms with Crippen LogP contribution in [0.15, 0.2) is 44.7 Å². The number of hydrogen-bond donors (Lipinski definition) is 1. The van der Waals surface area contributed by atoms with Crippen molar-refractivity contribution in [1.82, 2.24) is 4.31 Å². The molecule has 1 fully saturated rings. The molecule has 0 bridgehead atoms. The Morgan fingerprint density at radius 2 is 2.00 bits per heavy atom. The summed E-state index contributed by atoms with van der Waals surface area (Å²) in [4.78, 5) is 10.3. The maximum absolute atomic E-state index is 12.9. The van der Waals surface area contributed by atoms with Crippen molar-refractivity contribution in [3.63, 3.8) is 0 Å². The Balaban J connectivity index is 1.86. The van der Waals surface area contributed by atoms with E-state index >= 15 is 0 Å². The van der Waals surface area contributed by atoms with Gasteiger partial charge in [-0.2, -0.15) is 9.41 Å². The van der Waals surface area contributed by atoms with Gasteiger partial charge in [0.05, 0.1) is 16.8 Å². The van der Waals surface area contributed by atoms with E-state index in [0.29, 0.717) is 17.6 Å². The summed E-state index contributed by atoms with van der Waals surface area (Å²) in [6.07, 6.45) is 2.56. The topological polar surface area (TPSA) is 118 Å². The number of nitrogens with zero attached hydrogens (tertiary/aromatic N) is 3. The molecule has 2 aromatic rings. The first-order valence-corrected chi connectivity index (χ1v) is 10.9. The molecule has 1 aromatic heterocycles. The largest absolute Gasteiger partial charge is 0.460 e. The third-order valence-corrected chi connectivity index (χ3v) is 7.09. The molecule has 29 heavy (non-hydrogen) atoms. The molecule has 1 saturated carbocycles. The molecule has 1 aliphatic carbocycles. The van der Waals surface area contributed by atoms with Gasteiger partial charge in [0.15, 0.2) is 0 Å². The minimum absolute atomic E-state index is 0.154. The van der Waals surface area contributed by atoms with E-state index in [4.69, 9.17) is 4.42 Å². The van der Waals surface area contributed by atoms with Crippen LogP contribution in [0.4, 0.5) is 11.4 Å². The van der Waals surface area contributed by atoms with E-state index in [0.717, 1.165) is 18.2 Å². The minimum Gasteiger partial charge on any atom is -0.460 e. The lowest BCUT2D eigenvalue weighted by Gasteiger charge is -2.20. The van der Waals surface area contributed by atoms with E-state index in [9.17, 15) is 18.5 Å². The normalized spacial score (nSPS) is 19.0. The number of rotatable bonds is 9. The van der Waals surface area contributed by atoms with Gasteiger partial charge in [0, 0.05) is 31.1 Å². The molecule has 0 amide bonds. The van der Waals surface area contributed by atoms with Gasteiger partial charge in [-0.1, -0.05) is 20.8 Å². The second-order valence-electron chi connectivity index (χ2n) is 6.96. The molecule has 10 heteroatoms. The van der Waals surface area contributed by atoms with Crippen LogP contribution in [-0.4, -0.2) is 37.0 Å². The van der Waals surface area contributed by atoms with Crippen LogP contribution < -0.4 is 5.43 Å². The average molecular weight is 420 g/mol. The van der Waals surface area contributed by atoms with Crippen molar-refractivity contribution in [2.75, 3.05) is 18.5 Å². The fourth-order valence-corrected chi connectivity index (χ4v) is 4.77. The van der Waals surface area contributed by atoms with Gasteiger partial charge in [0.1, 0.15) is 16.4 Å². The van der Waals surface area contributed by atoms with Crippen LogP contribution >= 0.6 is 0 Å². The zero-order chi connectivity index (χ0) is 21.2. The number of anilines is 1. The maximum atomic E-state index is 12.9. The molecular weight excluding hydrogens is 396 g/mol. The lowest BCUT2D eigenvalue weighted by molar-refractivity contribution is -0.385. The zero-order valence-corrected chi connectivity index (χ0v) is 17.3. The van der Waals surface area contributed by atoms with Crippen LogP contribution in [0.2, 0.25) is 0 Å². The summed E-state index contributed by atoms with van der Waals surface area (Å²) < 4.78 is 32.8. The lowest BCUT2D eigenvalue weighted by atomic mass is 10.3. The van der Waals surface area contributed by atoms with Crippen LogP contribution in [0.1, 0.15) is 44.6 Å². The van der Waals surface area contributed by atoms with Crippen molar-refractivity contribution in [3.05, 3.63) is 52.0 Å². The van der Waals surface area contributed by atoms with E-state index in [2.05, 4.69) is 17.5 Å². The van der Waals surface area contributed by atoms with Crippen LogP contribution in [0.25, 0.3) is 0 Å². The van der Waals surface area contributed by atoms with Gasteiger partial charge in [-0.25, -0.2) is 8.42 Å². The van der Waals surface area contributed by atoms with Gasteiger partial charge in [0.25, 0.3) is 5.69 Å². The molecule has 1 N–H and O–H groups in total. The first-order valence-electron chi connectivity index (χ1n) is 9.45. The quantitative estimate of drug-likeness (QED) is 0.375. The van der Waals surface area contributed by atoms with Crippen molar-refractivity contribution in [1.29, 1.82) is 0 Å². The number of benzene rings is 1. The number of non-ortho nitro benzene ring substituents is 1. The highest BCUT2D eigenvalue weighted by Gasteiger charge is 2.36. The first-order chi connectivity index (χ1) is 13.8. The Kier molecular flexibility index (Phi) is 6.04. The Morgan fingerprint density at radius 3 is 2.59 bits per heavy atom. The van der Waals surface area contributed by atoms with Crippen molar-refractivity contribution in [2.24, 2.45) is 11.0 Å². The van der Waals surface area contributed by atoms with E-state index in [1.807, 2.05) is 6.07 Å². The summed E-state index contributed by atoms with van der Waals surface area (Å²) in [5.74, 6) is 2.53. The predicted octanol–water partition coefficient (Wildman–Crippen LogP) is 3.79. The number of nitro groups is 1. The Labute approximate surface area is 169 Å². The third kappa shape index (κ3) is 4.48. The number of nitrogens with one attached hydrogen (secondary N) is 1. The smallest absolute Gasteiger partial charge is 0.270 e. The van der Waals surface area contributed by atoms with Crippen molar-refractivity contribution < 1.29 is 17.8 Å². The molecule has 0 spiro atoms. The summed E-state index contributed by atoms with van der Waals surface area (Å²) in [6, 6.07) is 7.33. The molecule has 2 atom stereocenters. The second kappa shape index (κ2) is 8.34. The molecule has 1 aromatic carbocycles. The summed E-state index contributed by atoms with van der Waals surface area (Å²) in [6.45, 7) is 6.07. The highest BCUT2D eigenvalue weighted by molar-refractivity contribution is 7.89. The van der Waals surface area contributed by atoms with E-state index in [1.54, 1.807) is 19.9 Å². The number of sulfonamides is 1. The van der Waals surface area contributed by atoms with Gasteiger partial charge in [-0.05, 0) is 30.5 Å². The minimum atomic E-state index is -3.92. The molecular formula is C19H24N4O5S. The highest BCUT2D eigenvalue weighted by atomic mass is 32.2. The van der Waals surface area contributed by atoms with Crippen molar-refractivity contribution >= 4 is 27.6 Å². The Bertz CT molecular complexity index is 1030.